The van der Waals surface area contributed by atoms with Crippen LogP contribution in [-0.4, -0.2) is 49.3 Å². The van der Waals surface area contributed by atoms with Crippen LogP contribution in [0.3, 0.4) is 0 Å². The van der Waals surface area contributed by atoms with Crippen molar-refractivity contribution < 1.29 is 17.9 Å². The third kappa shape index (κ3) is 6.76. The number of aromatic nitrogens is 1. The van der Waals surface area contributed by atoms with Gasteiger partial charge in [0.15, 0.2) is 9.84 Å². The molecule has 2 heterocycles. The number of piperidine rings is 1. The van der Waals surface area contributed by atoms with Gasteiger partial charge in [0.05, 0.1) is 15.6 Å². The number of rotatable bonds is 6. The standard InChI is InChI=1S/C23H33N3O4S2/c1-16(17-6-8-20(9-7-17)32(5,28)29)24-14-19-15-31-21(25-19)18-10-12-26(13-11-18)22(27)30-23(2,3)4/h6-9,15-16,18,24H,10-14H2,1-5H3/t16-/m0/s1. The zero-order chi connectivity index (χ0) is 23.5. The van der Waals surface area contributed by atoms with E-state index in [1.54, 1.807) is 28.4 Å². The molecule has 7 nitrogen and oxygen atoms in total. The van der Waals surface area contributed by atoms with Crippen LogP contribution in [0, 0.1) is 0 Å². The van der Waals surface area contributed by atoms with Crippen LogP contribution in [0.2, 0.25) is 0 Å². The number of likely N-dealkylation sites (tertiary alicyclic amines) is 1. The zero-order valence-electron chi connectivity index (χ0n) is 19.4. The van der Waals surface area contributed by atoms with Crippen molar-refractivity contribution in [2.75, 3.05) is 19.3 Å². The first-order valence-corrected chi connectivity index (χ1v) is 13.6. The average Bonchev–Trinajstić information content (AvgIpc) is 3.19. The van der Waals surface area contributed by atoms with E-state index in [0.29, 0.717) is 30.4 Å². The lowest BCUT2D eigenvalue weighted by Crippen LogP contribution is -2.41. The smallest absolute Gasteiger partial charge is 0.410 e. The first-order chi connectivity index (χ1) is 14.9. The van der Waals surface area contributed by atoms with Gasteiger partial charge in [0, 0.05) is 43.2 Å². The molecule has 1 atom stereocenters. The summed E-state index contributed by atoms with van der Waals surface area (Å²) in [6, 6.07) is 7.06. The number of nitrogens with zero attached hydrogens (tertiary/aromatic N) is 2. The highest BCUT2D eigenvalue weighted by Gasteiger charge is 2.28. The highest BCUT2D eigenvalue weighted by molar-refractivity contribution is 7.90. The van der Waals surface area contributed by atoms with Crippen molar-refractivity contribution in [2.45, 2.75) is 69.5 Å². The third-order valence-corrected chi connectivity index (χ3v) is 7.65. The van der Waals surface area contributed by atoms with E-state index in [1.165, 1.54) is 6.26 Å². The number of carbonyl (C=O) groups is 1. The van der Waals surface area contributed by atoms with Gasteiger partial charge in [-0.25, -0.2) is 18.2 Å². The van der Waals surface area contributed by atoms with Gasteiger partial charge in [-0.1, -0.05) is 12.1 Å². The van der Waals surface area contributed by atoms with E-state index < -0.39 is 15.4 Å². The highest BCUT2D eigenvalue weighted by atomic mass is 32.2. The van der Waals surface area contributed by atoms with Crippen LogP contribution in [0.25, 0.3) is 0 Å². The van der Waals surface area contributed by atoms with Crippen LogP contribution in [0.1, 0.15) is 68.8 Å². The van der Waals surface area contributed by atoms with Crippen molar-refractivity contribution in [3.05, 3.63) is 45.9 Å². The molecule has 3 rings (SSSR count). The maximum Gasteiger partial charge on any atom is 0.410 e. The topological polar surface area (TPSA) is 88.6 Å². The molecule has 1 amide bonds. The Hall–Kier alpha value is -1.97. The number of hydrogen-bond acceptors (Lipinski definition) is 7. The molecule has 0 aliphatic carbocycles. The minimum Gasteiger partial charge on any atom is -0.444 e. The first kappa shape index (κ1) is 24.7. The summed E-state index contributed by atoms with van der Waals surface area (Å²) in [5, 5.41) is 6.67. The Morgan fingerprint density at radius 3 is 2.44 bits per heavy atom. The Labute approximate surface area is 195 Å². The summed E-state index contributed by atoms with van der Waals surface area (Å²) in [5.74, 6) is 0.369. The van der Waals surface area contributed by atoms with Gasteiger partial charge in [0.1, 0.15) is 5.60 Å². The number of ether oxygens (including phenoxy) is 1. The van der Waals surface area contributed by atoms with Crippen LogP contribution in [-0.2, 0) is 21.1 Å². The van der Waals surface area contributed by atoms with Gasteiger partial charge in [-0.15, -0.1) is 11.3 Å². The molecule has 9 heteroatoms. The molecular formula is C23H33N3O4S2. The van der Waals surface area contributed by atoms with Gasteiger partial charge in [-0.05, 0) is 58.2 Å². The van der Waals surface area contributed by atoms with Gasteiger partial charge in [0.25, 0.3) is 0 Å². The largest absolute Gasteiger partial charge is 0.444 e. The molecule has 1 N–H and O–H groups in total. The molecule has 1 aliphatic rings. The molecule has 0 radical (unpaired) electrons. The van der Waals surface area contributed by atoms with E-state index in [1.807, 2.05) is 32.9 Å². The quantitative estimate of drug-likeness (QED) is 0.656. The summed E-state index contributed by atoms with van der Waals surface area (Å²) in [7, 11) is -3.18. The molecule has 32 heavy (non-hydrogen) atoms. The van der Waals surface area contributed by atoms with Crippen LogP contribution in [0.5, 0.6) is 0 Å². The molecule has 0 spiro atoms. The van der Waals surface area contributed by atoms with E-state index in [2.05, 4.69) is 17.6 Å². The van der Waals surface area contributed by atoms with E-state index in [9.17, 15) is 13.2 Å². The lowest BCUT2D eigenvalue weighted by Gasteiger charge is -2.32. The maximum absolute atomic E-state index is 12.2. The second kappa shape index (κ2) is 9.89. The summed E-state index contributed by atoms with van der Waals surface area (Å²) in [6.07, 6.45) is 2.76. The molecule has 1 fully saturated rings. The van der Waals surface area contributed by atoms with Crippen molar-refractivity contribution in [2.24, 2.45) is 0 Å². The molecule has 1 aromatic heterocycles. The van der Waals surface area contributed by atoms with Gasteiger partial charge in [-0.2, -0.15) is 0 Å². The molecule has 0 unspecified atom stereocenters. The zero-order valence-corrected chi connectivity index (χ0v) is 21.1. The fraction of sp³-hybridized carbons (Fsp3) is 0.565. The number of amides is 1. The number of hydrogen-bond donors (Lipinski definition) is 1. The number of nitrogens with one attached hydrogen (secondary N) is 1. The van der Waals surface area contributed by atoms with Crippen LogP contribution in [0.15, 0.2) is 34.5 Å². The van der Waals surface area contributed by atoms with E-state index in [0.717, 1.165) is 29.1 Å². The minimum atomic E-state index is -3.18. The summed E-state index contributed by atoms with van der Waals surface area (Å²) < 4.78 is 28.7. The Kier molecular flexibility index (Phi) is 7.62. The fourth-order valence-electron chi connectivity index (χ4n) is 3.61. The molecule has 0 saturated carbocycles. The number of thiazole rings is 1. The van der Waals surface area contributed by atoms with E-state index >= 15 is 0 Å². The van der Waals surface area contributed by atoms with Crippen molar-refractivity contribution in [1.29, 1.82) is 0 Å². The molecule has 2 aromatic rings. The van der Waals surface area contributed by atoms with Crippen LogP contribution in [0.4, 0.5) is 4.79 Å². The minimum absolute atomic E-state index is 0.0748. The van der Waals surface area contributed by atoms with Crippen molar-refractivity contribution in [3.8, 4) is 0 Å². The fourth-order valence-corrected chi connectivity index (χ4v) is 5.23. The van der Waals surface area contributed by atoms with Crippen molar-refractivity contribution in [1.82, 2.24) is 15.2 Å². The van der Waals surface area contributed by atoms with E-state index in [-0.39, 0.29) is 12.1 Å². The molecule has 0 bridgehead atoms. The second-order valence-electron chi connectivity index (χ2n) is 9.36. The molecule has 176 valence electrons. The molecule has 1 aromatic carbocycles. The van der Waals surface area contributed by atoms with Gasteiger partial charge < -0.3 is 15.0 Å². The Balaban J connectivity index is 1.49. The van der Waals surface area contributed by atoms with Gasteiger partial charge in [-0.3, -0.25) is 0 Å². The Bertz CT molecular complexity index is 1020. The van der Waals surface area contributed by atoms with Gasteiger partial charge >= 0.3 is 6.09 Å². The lowest BCUT2D eigenvalue weighted by atomic mass is 9.98. The third-order valence-electron chi connectivity index (χ3n) is 5.46. The number of carbonyl (C=O) groups excluding carboxylic acids is 1. The highest BCUT2D eigenvalue weighted by Crippen LogP contribution is 2.31. The first-order valence-electron chi connectivity index (χ1n) is 10.9. The normalized spacial score (nSPS) is 16.7. The SMILES string of the molecule is C[C@H](NCc1csc(C2CCN(C(=O)OC(C)(C)C)CC2)n1)c1ccc(S(C)(=O)=O)cc1. The predicted molar refractivity (Wildman–Crippen MR) is 127 cm³/mol. The molecule has 1 aliphatic heterocycles. The van der Waals surface area contributed by atoms with Crippen LogP contribution < -0.4 is 5.32 Å². The lowest BCUT2D eigenvalue weighted by molar-refractivity contribution is 0.0204. The average molecular weight is 480 g/mol. The summed E-state index contributed by atoms with van der Waals surface area (Å²) in [4.78, 5) is 19.2. The van der Waals surface area contributed by atoms with Gasteiger partial charge in [0.2, 0.25) is 0 Å². The van der Waals surface area contributed by atoms with Crippen LogP contribution >= 0.6 is 11.3 Å². The molecular weight excluding hydrogens is 446 g/mol. The van der Waals surface area contributed by atoms with Crippen molar-refractivity contribution in [3.63, 3.8) is 0 Å². The van der Waals surface area contributed by atoms with Crippen molar-refractivity contribution >= 4 is 27.3 Å². The Morgan fingerprint density at radius 1 is 1.25 bits per heavy atom. The number of sulfone groups is 1. The summed E-state index contributed by atoms with van der Waals surface area (Å²) in [5.41, 5.74) is 1.56. The second-order valence-corrected chi connectivity index (χ2v) is 12.3. The summed E-state index contributed by atoms with van der Waals surface area (Å²) >= 11 is 1.68. The van der Waals surface area contributed by atoms with E-state index in [4.69, 9.17) is 9.72 Å². The Morgan fingerprint density at radius 2 is 1.88 bits per heavy atom. The maximum atomic E-state index is 12.2. The monoisotopic (exact) mass is 479 g/mol. The predicted octanol–water partition coefficient (Wildman–Crippen LogP) is 4.51. The summed E-state index contributed by atoms with van der Waals surface area (Å²) in [6.45, 7) is 9.72. The molecule has 1 saturated heterocycles. The number of benzene rings is 1.